The Morgan fingerprint density at radius 3 is 2.85 bits per heavy atom. The van der Waals surface area contributed by atoms with Gasteiger partial charge in [0.15, 0.2) is 0 Å². The van der Waals surface area contributed by atoms with Gasteiger partial charge in [0.25, 0.3) is 0 Å². The van der Waals surface area contributed by atoms with Crippen molar-refractivity contribution in [2.45, 2.75) is 38.3 Å². The van der Waals surface area contributed by atoms with Crippen molar-refractivity contribution in [1.29, 1.82) is 0 Å². The van der Waals surface area contributed by atoms with Crippen LogP contribution in [0.5, 0.6) is 0 Å². The number of halogens is 2. The van der Waals surface area contributed by atoms with E-state index in [1.165, 1.54) is 7.11 Å². The number of methoxy groups -OCH3 is 1. The highest BCUT2D eigenvalue weighted by Crippen LogP contribution is 2.24. The highest BCUT2D eigenvalue weighted by Gasteiger charge is 2.24. The van der Waals surface area contributed by atoms with E-state index in [1.54, 1.807) is 18.2 Å². The number of ether oxygens (including phenoxy) is 1. The van der Waals surface area contributed by atoms with Crippen LogP contribution < -0.4 is 11.1 Å². The fourth-order valence-electron chi connectivity index (χ4n) is 3.11. The largest absolute Gasteiger partial charge is 0.465 e. The maximum atomic E-state index is 11.7. The fraction of sp³-hybridized carbons (Fsp3) is 0.556. The van der Waals surface area contributed by atoms with Crippen LogP contribution in [0.25, 0.3) is 0 Å². The Hall–Kier alpha value is -1.34. The van der Waals surface area contributed by atoms with E-state index in [4.69, 9.17) is 22.1 Å². The Kier molecular flexibility index (Phi) is 9.94. The van der Waals surface area contributed by atoms with Gasteiger partial charge in [-0.1, -0.05) is 18.0 Å². The first-order valence-electron chi connectivity index (χ1n) is 8.62. The number of esters is 1. The van der Waals surface area contributed by atoms with E-state index in [-0.39, 0.29) is 30.3 Å². The summed E-state index contributed by atoms with van der Waals surface area (Å²) in [6.45, 7) is 2.54. The second-order valence-corrected chi connectivity index (χ2v) is 6.67. The number of benzene rings is 1. The number of likely N-dealkylation sites (tertiary alicyclic amines) is 1. The fourth-order valence-corrected chi connectivity index (χ4v) is 3.29. The van der Waals surface area contributed by atoms with E-state index in [9.17, 15) is 9.59 Å². The lowest BCUT2D eigenvalue weighted by molar-refractivity contribution is -0.121. The molecular weight excluding hydrogens is 377 g/mol. The summed E-state index contributed by atoms with van der Waals surface area (Å²) in [5.74, 6) is -0.388. The number of carbonyl (C=O) groups excluding carboxylic acids is 2. The number of carbonyl (C=O) groups is 2. The molecule has 146 valence electrons. The lowest BCUT2D eigenvalue weighted by atomic mass is 10.0. The number of nitrogens with zero attached hydrogens (tertiary/aromatic N) is 1. The Morgan fingerprint density at radius 2 is 2.15 bits per heavy atom. The van der Waals surface area contributed by atoms with E-state index in [2.05, 4.69) is 10.2 Å². The first kappa shape index (κ1) is 22.7. The van der Waals surface area contributed by atoms with Crippen molar-refractivity contribution in [3.8, 4) is 0 Å². The van der Waals surface area contributed by atoms with E-state index in [0.717, 1.165) is 31.4 Å². The number of hydrogen-bond acceptors (Lipinski definition) is 5. The van der Waals surface area contributed by atoms with E-state index in [0.29, 0.717) is 36.6 Å². The molecule has 0 saturated carbocycles. The van der Waals surface area contributed by atoms with Crippen molar-refractivity contribution >= 4 is 35.9 Å². The molecule has 1 atom stereocenters. The monoisotopic (exact) mass is 403 g/mol. The standard InChI is InChI=1S/C18H26ClN3O3.ClH/c1-25-18(24)13-5-6-16(19)14(10-13)12-22-9-3-2-4-15(22)11-21-17(23)7-8-20;/h5-6,10,15H,2-4,7-9,11-12,20H2,1H3,(H,21,23);1H. The van der Waals surface area contributed by atoms with Crippen LogP contribution in [0.2, 0.25) is 5.02 Å². The Balaban J connectivity index is 0.00000338. The highest BCUT2D eigenvalue weighted by atomic mass is 35.5. The average molecular weight is 404 g/mol. The van der Waals surface area contributed by atoms with Crippen molar-refractivity contribution in [3.05, 3.63) is 34.3 Å². The van der Waals surface area contributed by atoms with E-state index < -0.39 is 0 Å². The Labute approximate surface area is 165 Å². The van der Waals surface area contributed by atoms with Gasteiger partial charge in [0.1, 0.15) is 0 Å². The van der Waals surface area contributed by atoms with Gasteiger partial charge in [-0.3, -0.25) is 9.69 Å². The minimum absolute atomic E-state index is 0. The molecule has 0 aliphatic carbocycles. The van der Waals surface area contributed by atoms with Crippen LogP contribution in [0.1, 0.15) is 41.6 Å². The summed E-state index contributed by atoms with van der Waals surface area (Å²) in [5, 5.41) is 3.58. The zero-order valence-corrected chi connectivity index (χ0v) is 16.6. The summed E-state index contributed by atoms with van der Waals surface area (Å²) in [4.78, 5) is 25.7. The topological polar surface area (TPSA) is 84.7 Å². The molecule has 1 amide bonds. The zero-order valence-electron chi connectivity index (χ0n) is 15.0. The summed E-state index contributed by atoms with van der Waals surface area (Å²) in [6, 6.07) is 5.43. The number of amides is 1. The molecule has 1 aromatic carbocycles. The highest BCUT2D eigenvalue weighted by molar-refractivity contribution is 6.31. The molecule has 0 radical (unpaired) electrons. The predicted molar refractivity (Wildman–Crippen MR) is 105 cm³/mol. The maximum Gasteiger partial charge on any atom is 0.337 e. The number of nitrogens with two attached hydrogens (primary N) is 1. The normalized spacial score (nSPS) is 17.3. The molecule has 0 aromatic heterocycles. The molecule has 1 heterocycles. The van der Waals surface area contributed by atoms with Crippen LogP contribution in [0.15, 0.2) is 18.2 Å². The number of piperidine rings is 1. The van der Waals surface area contributed by atoms with Gasteiger partial charge in [-0.2, -0.15) is 0 Å². The van der Waals surface area contributed by atoms with Gasteiger partial charge >= 0.3 is 5.97 Å². The molecule has 1 fully saturated rings. The predicted octanol–water partition coefficient (Wildman–Crippen LogP) is 2.37. The second kappa shape index (κ2) is 11.4. The van der Waals surface area contributed by atoms with Crippen molar-refractivity contribution in [2.24, 2.45) is 5.73 Å². The van der Waals surface area contributed by atoms with Crippen molar-refractivity contribution in [1.82, 2.24) is 10.2 Å². The van der Waals surface area contributed by atoms with E-state index in [1.807, 2.05) is 0 Å². The number of rotatable bonds is 7. The Morgan fingerprint density at radius 1 is 1.38 bits per heavy atom. The minimum atomic E-state index is -0.373. The first-order chi connectivity index (χ1) is 12.0. The molecule has 1 aliphatic heterocycles. The summed E-state index contributed by atoms with van der Waals surface area (Å²) < 4.78 is 4.78. The first-order valence-corrected chi connectivity index (χ1v) is 9.00. The van der Waals surface area contributed by atoms with Gasteiger partial charge < -0.3 is 15.8 Å². The molecule has 0 bridgehead atoms. The summed E-state index contributed by atoms with van der Waals surface area (Å²) in [5.41, 5.74) is 6.80. The minimum Gasteiger partial charge on any atom is -0.465 e. The molecule has 8 heteroatoms. The third-order valence-electron chi connectivity index (χ3n) is 4.50. The van der Waals surface area contributed by atoms with Gasteiger partial charge in [0.05, 0.1) is 12.7 Å². The zero-order chi connectivity index (χ0) is 18.2. The molecule has 3 N–H and O–H groups in total. The molecule has 1 unspecified atom stereocenters. The van der Waals surface area contributed by atoms with Crippen molar-refractivity contribution in [2.75, 3.05) is 26.7 Å². The van der Waals surface area contributed by atoms with Crippen molar-refractivity contribution < 1.29 is 14.3 Å². The number of hydrogen-bond donors (Lipinski definition) is 2. The third-order valence-corrected chi connectivity index (χ3v) is 4.86. The number of nitrogens with one attached hydrogen (secondary N) is 1. The van der Waals surface area contributed by atoms with Gasteiger partial charge in [-0.15, -0.1) is 12.4 Å². The Bertz CT molecular complexity index is 613. The van der Waals surface area contributed by atoms with Gasteiger partial charge in [0, 0.05) is 37.1 Å². The van der Waals surface area contributed by atoms with Crippen LogP contribution in [0.3, 0.4) is 0 Å². The summed E-state index contributed by atoms with van der Waals surface area (Å²) in [7, 11) is 1.36. The molecule has 1 aromatic rings. The molecule has 1 saturated heterocycles. The molecule has 0 spiro atoms. The lowest BCUT2D eigenvalue weighted by Crippen LogP contribution is -2.46. The quantitative estimate of drug-likeness (QED) is 0.682. The van der Waals surface area contributed by atoms with Crippen LogP contribution in [0, 0.1) is 0 Å². The summed E-state index contributed by atoms with van der Waals surface area (Å²) >= 11 is 6.32. The van der Waals surface area contributed by atoms with Crippen LogP contribution in [-0.2, 0) is 16.1 Å². The van der Waals surface area contributed by atoms with E-state index >= 15 is 0 Å². The SMILES string of the molecule is COC(=O)c1ccc(Cl)c(CN2CCCCC2CNC(=O)CCN)c1.Cl. The van der Waals surface area contributed by atoms with Crippen molar-refractivity contribution in [3.63, 3.8) is 0 Å². The molecular formula is C18H27Cl2N3O3. The third kappa shape index (κ3) is 6.43. The summed E-state index contributed by atoms with van der Waals surface area (Å²) in [6.07, 6.45) is 3.63. The molecule has 6 nitrogen and oxygen atoms in total. The lowest BCUT2D eigenvalue weighted by Gasteiger charge is -2.36. The van der Waals surface area contributed by atoms with Crippen LogP contribution in [0.4, 0.5) is 0 Å². The van der Waals surface area contributed by atoms with Gasteiger partial charge in [-0.25, -0.2) is 4.79 Å². The van der Waals surface area contributed by atoms with Crippen LogP contribution >= 0.6 is 24.0 Å². The van der Waals surface area contributed by atoms with Gasteiger partial charge in [-0.05, 0) is 43.1 Å². The van der Waals surface area contributed by atoms with Gasteiger partial charge in [0.2, 0.25) is 5.91 Å². The van der Waals surface area contributed by atoms with Crippen LogP contribution in [-0.4, -0.2) is 49.6 Å². The smallest absolute Gasteiger partial charge is 0.337 e. The average Bonchev–Trinajstić information content (AvgIpc) is 2.62. The molecule has 26 heavy (non-hydrogen) atoms. The molecule has 2 rings (SSSR count). The second-order valence-electron chi connectivity index (χ2n) is 6.26. The molecule has 1 aliphatic rings. The maximum absolute atomic E-state index is 11.7.